The summed E-state index contributed by atoms with van der Waals surface area (Å²) < 4.78 is 145. The van der Waals surface area contributed by atoms with Crippen LogP contribution in [-0.4, -0.2) is 56.0 Å². The van der Waals surface area contributed by atoms with Crippen LogP contribution in [0.4, 0.5) is 48.3 Å². The molecule has 46 heavy (non-hydrogen) atoms. The van der Waals surface area contributed by atoms with Crippen LogP contribution in [0.1, 0.15) is 78.6 Å². The van der Waals surface area contributed by atoms with E-state index in [0.29, 0.717) is 4.68 Å². The molecular formula is C27H27F11N6O2. The van der Waals surface area contributed by atoms with Crippen molar-refractivity contribution in [3.8, 4) is 0 Å². The maximum absolute atomic E-state index is 14.0. The lowest BCUT2D eigenvalue weighted by Crippen LogP contribution is -2.41. The summed E-state index contributed by atoms with van der Waals surface area (Å²) in [6, 6.07) is 4.16. The van der Waals surface area contributed by atoms with E-state index in [4.69, 9.17) is 5.73 Å². The van der Waals surface area contributed by atoms with E-state index in [1.165, 1.54) is 25.1 Å². The number of hydrogen-bond acceptors (Lipinski definition) is 4. The van der Waals surface area contributed by atoms with Crippen LogP contribution in [0.15, 0.2) is 24.3 Å². The average Bonchev–Trinajstić information content (AvgIpc) is 3.49. The SMILES string of the molecule is C[C@@H](NC(=O)CC(C(F)(F)F)C(F)(F)F)c1ccc2nc([C@H](c3cc(C(N)=O)n(CC(F)(F)F)n3)C3CCC(F)(F)CC3)[nH]c2c1. The molecule has 0 spiro atoms. The lowest BCUT2D eigenvalue weighted by Gasteiger charge is -2.32. The van der Waals surface area contributed by atoms with Gasteiger partial charge in [-0.1, -0.05) is 6.07 Å². The number of rotatable bonds is 9. The second-order valence-electron chi connectivity index (χ2n) is 11.3. The number of alkyl halides is 11. The molecule has 0 radical (unpaired) electrons. The highest BCUT2D eigenvalue weighted by Crippen LogP contribution is 2.45. The predicted octanol–water partition coefficient (Wildman–Crippen LogP) is 6.69. The molecule has 4 rings (SSSR count). The van der Waals surface area contributed by atoms with Crippen molar-refractivity contribution in [1.82, 2.24) is 25.1 Å². The predicted molar refractivity (Wildman–Crippen MR) is 138 cm³/mol. The van der Waals surface area contributed by atoms with E-state index in [1.807, 2.05) is 0 Å². The Labute approximate surface area is 252 Å². The molecule has 0 bridgehead atoms. The van der Waals surface area contributed by atoms with E-state index in [2.05, 4.69) is 20.4 Å². The molecule has 4 N–H and O–H groups in total. The summed E-state index contributed by atoms with van der Waals surface area (Å²) in [4.78, 5) is 31.5. The highest BCUT2D eigenvalue weighted by molar-refractivity contribution is 5.91. The van der Waals surface area contributed by atoms with Crippen molar-refractivity contribution in [2.45, 2.75) is 82.0 Å². The number of primary amides is 1. The number of nitrogens with one attached hydrogen (secondary N) is 2. The van der Waals surface area contributed by atoms with Gasteiger partial charge < -0.3 is 16.0 Å². The molecule has 1 aliphatic carbocycles. The first-order chi connectivity index (χ1) is 21.0. The van der Waals surface area contributed by atoms with Crippen molar-refractivity contribution < 1.29 is 57.9 Å². The Bertz CT molecular complexity index is 1550. The van der Waals surface area contributed by atoms with E-state index in [0.717, 1.165) is 6.07 Å². The normalized spacial score (nSPS) is 17.8. The maximum atomic E-state index is 14.0. The number of fused-ring (bicyclic) bond motifs is 1. The first-order valence-corrected chi connectivity index (χ1v) is 13.8. The van der Waals surface area contributed by atoms with Gasteiger partial charge in [0.1, 0.15) is 18.1 Å². The van der Waals surface area contributed by atoms with Gasteiger partial charge in [0, 0.05) is 19.3 Å². The molecule has 2 amide bonds. The van der Waals surface area contributed by atoms with Crippen molar-refractivity contribution in [3.05, 3.63) is 47.0 Å². The number of aromatic nitrogens is 4. The molecule has 2 atom stereocenters. The number of carbonyl (C=O) groups excluding carboxylic acids is 2. The third-order valence-electron chi connectivity index (χ3n) is 7.81. The first-order valence-electron chi connectivity index (χ1n) is 13.8. The smallest absolute Gasteiger partial charge is 0.364 e. The summed E-state index contributed by atoms with van der Waals surface area (Å²) in [5, 5.41) is 6.05. The topological polar surface area (TPSA) is 119 Å². The number of hydrogen-bond donors (Lipinski definition) is 3. The summed E-state index contributed by atoms with van der Waals surface area (Å²) in [5.41, 5.74) is 5.36. The van der Waals surface area contributed by atoms with E-state index >= 15 is 0 Å². The Hall–Kier alpha value is -3.93. The highest BCUT2D eigenvalue weighted by Gasteiger charge is 2.57. The van der Waals surface area contributed by atoms with Crippen molar-refractivity contribution in [2.24, 2.45) is 17.6 Å². The van der Waals surface area contributed by atoms with Gasteiger partial charge in [-0.15, -0.1) is 0 Å². The third kappa shape index (κ3) is 8.26. The number of imidazole rings is 1. The molecule has 1 aliphatic rings. The van der Waals surface area contributed by atoms with Gasteiger partial charge in [0.05, 0.1) is 28.7 Å². The number of nitrogens with zero attached hydrogens (tertiary/aromatic N) is 3. The maximum Gasteiger partial charge on any atom is 0.408 e. The molecule has 1 saturated carbocycles. The molecule has 1 aromatic carbocycles. The van der Waals surface area contributed by atoms with Crippen molar-refractivity contribution in [2.75, 3.05) is 0 Å². The lowest BCUT2D eigenvalue weighted by molar-refractivity contribution is -0.284. The van der Waals surface area contributed by atoms with Crippen LogP contribution in [-0.2, 0) is 11.3 Å². The highest BCUT2D eigenvalue weighted by atomic mass is 19.4. The summed E-state index contributed by atoms with van der Waals surface area (Å²) in [6.45, 7) is -0.337. The quantitative estimate of drug-likeness (QED) is 0.219. The zero-order chi connectivity index (χ0) is 34.4. The van der Waals surface area contributed by atoms with E-state index in [9.17, 15) is 57.9 Å². The number of aromatic amines is 1. The molecule has 254 valence electrons. The molecule has 0 saturated heterocycles. The molecule has 0 unspecified atom stereocenters. The van der Waals surface area contributed by atoms with Gasteiger partial charge in [-0.25, -0.2) is 13.8 Å². The molecule has 8 nitrogen and oxygen atoms in total. The van der Waals surface area contributed by atoms with Crippen LogP contribution < -0.4 is 11.1 Å². The number of benzene rings is 1. The zero-order valence-corrected chi connectivity index (χ0v) is 23.8. The molecule has 0 aliphatic heterocycles. The summed E-state index contributed by atoms with van der Waals surface area (Å²) in [6.07, 6.45) is -19.3. The Morgan fingerprint density at radius 2 is 1.65 bits per heavy atom. The molecular weight excluding hydrogens is 649 g/mol. The Morgan fingerprint density at radius 3 is 2.20 bits per heavy atom. The minimum atomic E-state index is -5.70. The summed E-state index contributed by atoms with van der Waals surface area (Å²) >= 11 is 0. The van der Waals surface area contributed by atoms with Gasteiger partial charge >= 0.3 is 18.5 Å². The Balaban J connectivity index is 1.66. The summed E-state index contributed by atoms with van der Waals surface area (Å²) in [7, 11) is 0. The van der Waals surface area contributed by atoms with E-state index in [-0.39, 0.29) is 41.0 Å². The average molecular weight is 677 g/mol. The second kappa shape index (κ2) is 12.4. The van der Waals surface area contributed by atoms with Gasteiger partial charge in [0.2, 0.25) is 11.8 Å². The largest absolute Gasteiger partial charge is 0.408 e. The molecule has 1 fully saturated rings. The monoisotopic (exact) mass is 676 g/mol. The standard InChI is InChI=1S/C27H27F11N6O2/c1-12(40-20(45)10-19(26(33,34)35)27(36,37)38)14-2-3-15-16(8-14)42-23(41-15)21(13-4-6-24(28,29)7-5-13)17-9-18(22(39)46)44(43-17)11-25(30,31)32/h2-3,8-9,12-13,19,21H,4-7,10-11H2,1H3,(H2,39,46)(H,40,45)(H,41,42)/t12-,21+/m1/s1. The van der Waals surface area contributed by atoms with Crippen molar-refractivity contribution in [3.63, 3.8) is 0 Å². The number of carbonyl (C=O) groups is 2. The van der Waals surface area contributed by atoms with Gasteiger partial charge in [0.25, 0.3) is 5.91 Å². The summed E-state index contributed by atoms with van der Waals surface area (Å²) in [5.74, 6) is -11.1. The van der Waals surface area contributed by atoms with Gasteiger partial charge in [-0.2, -0.15) is 44.6 Å². The number of H-pyrrole nitrogens is 1. The molecule has 3 aromatic rings. The van der Waals surface area contributed by atoms with Crippen LogP contribution in [0.2, 0.25) is 0 Å². The minimum Gasteiger partial charge on any atom is -0.364 e. The fourth-order valence-electron chi connectivity index (χ4n) is 5.53. The van der Waals surface area contributed by atoms with Crippen LogP contribution in [0, 0.1) is 11.8 Å². The molecule has 19 heteroatoms. The van der Waals surface area contributed by atoms with Crippen LogP contribution >= 0.6 is 0 Å². The van der Waals surface area contributed by atoms with Gasteiger partial charge in [-0.05, 0) is 49.4 Å². The fourth-order valence-corrected chi connectivity index (χ4v) is 5.53. The van der Waals surface area contributed by atoms with E-state index in [1.54, 1.807) is 0 Å². The molecule has 2 heterocycles. The molecule has 2 aromatic heterocycles. The van der Waals surface area contributed by atoms with Crippen LogP contribution in [0.3, 0.4) is 0 Å². The van der Waals surface area contributed by atoms with Crippen LogP contribution in [0.5, 0.6) is 0 Å². The second-order valence-corrected chi connectivity index (χ2v) is 11.3. The first kappa shape index (κ1) is 34.9. The minimum absolute atomic E-state index is 0.0715. The Kier molecular flexibility index (Phi) is 9.38. The van der Waals surface area contributed by atoms with Gasteiger partial charge in [0.15, 0.2) is 5.92 Å². The van der Waals surface area contributed by atoms with Crippen LogP contribution in [0.25, 0.3) is 11.0 Å². The zero-order valence-electron chi connectivity index (χ0n) is 23.8. The fraction of sp³-hybridized carbons (Fsp3) is 0.556. The Morgan fingerprint density at radius 1 is 1.04 bits per heavy atom. The number of amides is 2. The van der Waals surface area contributed by atoms with Crippen molar-refractivity contribution in [1.29, 1.82) is 0 Å². The number of halogens is 11. The van der Waals surface area contributed by atoms with Crippen molar-refractivity contribution >= 4 is 22.8 Å². The third-order valence-corrected chi connectivity index (χ3v) is 7.81. The van der Waals surface area contributed by atoms with E-state index < -0.39 is 91.6 Å². The van der Waals surface area contributed by atoms with Gasteiger partial charge in [-0.3, -0.25) is 14.3 Å². The number of nitrogens with two attached hydrogens (primary N) is 1. The lowest BCUT2D eigenvalue weighted by atomic mass is 9.77.